The fraction of sp³-hybridized carbons (Fsp3) is 0.350. The van der Waals surface area contributed by atoms with Gasteiger partial charge in [0.2, 0.25) is 0 Å². The molecule has 2 aromatic carbocycles. The number of carbonyl (C=O) groups is 1. The van der Waals surface area contributed by atoms with Crippen LogP contribution in [0.15, 0.2) is 34.8 Å². The van der Waals surface area contributed by atoms with Gasteiger partial charge in [-0.05, 0) is 36.6 Å². The van der Waals surface area contributed by atoms with Crippen LogP contribution in [0.1, 0.15) is 41.6 Å². The Morgan fingerprint density at radius 2 is 2.19 bits per heavy atom. The fourth-order valence-corrected chi connectivity index (χ4v) is 4.24. The Bertz CT molecular complexity index is 867. The van der Waals surface area contributed by atoms with Gasteiger partial charge in [0, 0.05) is 27.6 Å². The first kappa shape index (κ1) is 17.3. The highest BCUT2D eigenvalue weighted by Crippen LogP contribution is 2.43. The van der Waals surface area contributed by atoms with Crippen LogP contribution in [0.5, 0.6) is 11.5 Å². The third kappa shape index (κ3) is 3.07. The molecule has 0 N–H and O–H groups in total. The first-order valence-corrected chi connectivity index (χ1v) is 9.33. The number of benzene rings is 2. The molecule has 0 saturated heterocycles. The van der Waals surface area contributed by atoms with Gasteiger partial charge in [-0.2, -0.15) is 0 Å². The minimum atomic E-state index is -0.312. The molecule has 2 atom stereocenters. The second kappa shape index (κ2) is 6.91. The number of rotatable bonds is 4. The fourth-order valence-electron chi connectivity index (χ4n) is 3.70. The molecule has 0 bridgehead atoms. The van der Waals surface area contributed by atoms with Crippen LogP contribution in [0.4, 0.5) is 4.39 Å². The summed E-state index contributed by atoms with van der Waals surface area (Å²) in [7, 11) is 1.38. The minimum Gasteiger partial charge on any atom is -0.492 e. The molecule has 2 aromatic rings. The molecule has 0 fully saturated rings. The Kier molecular flexibility index (Phi) is 4.61. The van der Waals surface area contributed by atoms with E-state index in [-0.39, 0.29) is 23.8 Å². The van der Waals surface area contributed by atoms with Crippen LogP contribution in [-0.2, 0) is 16.0 Å². The van der Waals surface area contributed by atoms with Crippen molar-refractivity contribution in [2.75, 3.05) is 13.7 Å². The minimum absolute atomic E-state index is 0.00731. The van der Waals surface area contributed by atoms with Crippen LogP contribution in [0.2, 0.25) is 0 Å². The molecule has 0 radical (unpaired) electrons. The van der Waals surface area contributed by atoms with Gasteiger partial charge in [-0.3, -0.25) is 4.79 Å². The van der Waals surface area contributed by atoms with Crippen molar-refractivity contribution in [3.63, 3.8) is 0 Å². The Morgan fingerprint density at radius 3 is 3.00 bits per heavy atom. The average molecular weight is 421 g/mol. The van der Waals surface area contributed by atoms with Crippen molar-refractivity contribution in [2.24, 2.45) is 0 Å². The van der Waals surface area contributed by atoms with Gasteiger partial charge in [-0.25, -0.2) is 4.39 Å². The highest BCUT2D eigenvalue weighted by atomic mass is 79.9. The van der Waals surface area contributed by atoms with Gasteiger partial charge in [-0.15, -0.1) is 0 Å². The predicted octanol–water partition coefficient (Wildman–Crippen LogP) is 4.69. The van der Waals surface area contributed by atoms with Crippen LogP contribution < -0.4 is 9.47 Å². The van der Waals surface area contributed by atoms with Crippen molar-refractivity contribution >= 4 is 21.9 Å². The Balaban J connectivity index is 1.54. The molecule has 1 heterocycles. The maximum atomic E-state index is 14.3. The van der Waals surface area contributed by atoms with Crippen molar-refractivity contribution in [3.05, 3.63) is 57.3 Å². The smallest absolute Gasteiger partial charge is 0.306 e. The molecular formula is C20H18BrFO4. The summed E-state index contributed by atoms with van der Waals surface area (Å²) < 4.78 is 31.7. The number of hydrogen-bond acceptors (Lipinski definition) is 4. The summed E-state index contributed by atoms with van der Waals surface area (Å²) in [4.78, 5) is 11.5. The van der Waals surface area contributed by atoms with Gasteiger partial charge in [-0.1, -0.05) is 22.0 Å². The largest absolute Gasteiger partial charge is 0.492 e. The third-order valence-corrected chi connectivity index (χ3v) is 5.75. The summed E-state index contributed by atoms with van der Waals surface area (Å²) in [6, 6.07) is 8.79. The van der Waals surface area contributed by atoms with E-state index in [9.17, 15) is 9.18 Å². The number of carbonyl (C=O) groups excluding carboxylic acids is 1. The Labute approximate surface area is 159 Å². The molecule has 0 saturated carbocycles. The van der Waals surface area contributed by atoms with Gasteiger partial charge in [0.05, 0.1) is 20.1 Å². The SMILES string of the molecule is COC(=O)C[C@@H]1COc2cc(OC3CCc4c(Br)ccc(F)c43)ccc21. The molecule has 1 aliphatic heterocycles. The second-order valence-corrected chi connectivity index (χ2v) is 7.41. The van der Waals surface area contributed by atoms with E-state index >= 15 is 0 Å². The quantitative estimate of drug-likeness (QED) is 0.672. The van der Waals surface area contributed by atoms with Gasteiger partial charge in [0.15, 0.2) is 0 Å². The molecule has 6 heteroatoms. The lowest BCUT2D eigenvalue weighted by Crippen LogP contribution is -2.09. The maximum absolute atomic E-state index is 14.3. The highest BCUT2D eigenvalue weighted by Gasteiger charge is 2.31. The zero-order valence-electron chi connectivity index (χ0n) is 14.3. The van der Waals surface area contributed by atoms with E-state index < -0.39 is 0 Å². The molecule has 1 aliphatic carbocycles. The van der Waals surface area contributed by atoms with E-state index in [0.29, 0.717) is 30.1 Å². The first-order valence-electron chi connectivity index (χ1n) is 8.54. The van der Waals surface area contributed by atoms with E-state index in [1.807, 2.05) is 18.2 Å². The van der Waals surface area contributed by atoms with Crippen molar-refractivity contribution in [1.82, 2.24) is 0 Å². The summed E-state index contributed by atoms with van der Waals surface area (Å²) in [6.45, 7) is 0.446. The lowest BCUT2D eigenvalue weighted by atomic mass is 9.98. The number of methoxy groups -OCH3 is 1. The van der Waals surface area contributed by atoms with E-state index in [2.05, 4.69) is 15.9 Å². The highest BCUT2D eigenvalue weighted by molar-refractivity contribution is 9.10. The van der Waals surface area contributed by atoms with E-state index in [0.717, 1.165) is 28.4 Å². The number of halogens is 2. The summed E-state index contributed by atoms with van der Waals surface area (Å²) >= 11 is 3.49. The first-order chi connectivity index (χ1) is 12.6. The van der Waals surface area contributed by atoms with Gasteiger partial charge < -0.3 is 14.2 Å². The topological polar surface area (TPSA) is 44.8 Å². The molecule has 136 valence electrons. The monoisotopic (exact) mass is 420 g/mol. The van der Waals surface area contributed by atoms with E-state index in [1.54, 1.807) is 6.07 Å². The van der Waals surface area contributed by atoms with Gasteiger partial charge in [0.25, 0.3) is 0 Å². The zero-order valence-corrected chi connectivity index (χ0v) is 15.8. The van der Waals surface area contributed by atoms with Crippen LogP contribution in [-0.4, -0.2) is 19.7 Å². The molecule has 4 rings (SSSR count). The summed E-state index contributed by atoms with van der Waals surface area (Å²) in [5.74, 6) is 0.854. The number of ether oxygens (including phenoxy) is 3. The van der Waals surface area contributed by atoms with Gasteiger partial charge >= 0.3 is 5.97 Å². The van der Waals surface area contributed by atoms with Crippen LogP contribution in [0.25, 0.3) is 0 Å². The Hall–Kier alpha value is -2.08. The standard InChI is InChI=1S/C20H18BrFO4/c1-24-19(23)8-11-10-25-18-9-12(2-3-13(11)18)26-17-7-4-14-15(21)5-6-16(22)20(14)17/h2-3,5-6,9,11,17H,4,7-8,10H2,1H3/t11-,17?/m1/s1. The normalized spacial score (nSPS) is 20.3. The zero-order chi connectivity index (χ0) is 18.3. The molecule has 4 nitrogen and oxygen atoms in total. The molecule has 0 spiro atoms. The average Bonchev–Trinajstić information content (AvgIpc) is 3.23. The van der Waals surface area contributed by atoms with E-state index in [4.69, 9.17) is 14.2 Å². The molecule has 2 aliphatic rings. The summed E-state index contributed by atoms with van der Waals surface area (Å²) in [5, 5.41) is 0. The van der Waals surface area contributed by atoms with Crippen LogP contribution in [0, 0.1) is 5.82 Å². The Morgan fingerprint density at radius 1 is 1.35 bits per heavy atom. The number of hydrogen-bond donors (Lipinski definition) is 0. The van der Waals surface area contributed by atoms with Crippen molar-refractivity contribution < 1.29 is 23.4 Å². The van der Waals surface area contributed by atoms with E-state index in [1.165, 1.54) is 13.2 Å². The van der Waals surface area contributed by atoms with Crippen molar-refractivity contribution in [3.8, 4) is 11.5 Å². The van der Waals surface area contributed by atoms with Crippen molar-refractivity contribution in [1.29, 1.82) is 0 Å². The lowest BCUT2D eigenvalue weighted by Gasteiger charge is -2.16. The number of fused-ring (bicyclic) bond motifs is 2. The summed E-state index contributed by atoms with van der Waals surface area (Å²) in [6.07, 6.45) is 1.49. The summed E-state index contributed by atoms with van der Waals surface area (Å²) in [5.41, 5.74) is 2.58. The lowest BCUT2D eigenvalue weighted by molar-refractivity contribution is -0.141. The molecule has 0 amide bonds. The van der Waals surface area contributed by atoms with Crippen LogP contribution in [0.3, 0.4) is 0 Å². The predicted molar refractivity (Wildman–Crippen MR) is 97.1 cm³/mol. The molecule has 1 unspecified atom stereocenters. The molecule has 26 heavy (non-hydrogen) atoms. The van der Waals surface area contributed by atoms with Gasteiger partial charge in [0.1, 0.15) is 23.4 Å². The maximum Gasteiger partial charge on any atom is 0.306 e. The van der Waals surface area contributed by atoms with Crippen molar-refractivity contribution in [2.45, 2.75) is 31.3 Å². The number of esters is 1. The molecule has 0 aromatic heterocycles. The third-order valence-electron chi connectivity index (χ3n) is 5.01. The second-order valence-electron chi connectivity index (χ2n) is 6.55. The molecular weight excluding hydrogens is 403 g/mol. The van der Waals surface area contributed by atoms with Crippen LogP contribution >= 0.6 is 15.9 Å².